The number of methoxy groups -OCH3 is 1. The fourth-order valence-electron chi connectivity index (χ4n) is 2.22. The Hall–Kier alpha value is -1.43. The van der Waals surface area contributed by atoms with E-state index in [-0.39, 0.29) is 12.0 Å². The van der Waals surface area contributed by atoms with Crippen LogP contribution in [0, 0.1) is 0 Å². The Balaban J connectivity index is 1.94. The maximum Gasteiger partial charge on any atom is 0.307 e. The molecule has 1 aliphatic heterocycles. The SMILES string of the molecule is COC(=O)CC1CCCCN1Cc1ncon1. The fourth-order valence-corrected chi connectivity index (χ4v) is 2.22. The van der Waals surface area contributed by atoms with Gasteiger partial charge in [-0.15, -0.1) is 0 Å². The predicted molar refractivity (Wildman–Crippen MR) is 59.0 cm³/mol. The van der Waals surface area contributed by atoms with Gasteiger partial charge in [-0.25, -0.2) is 0 Å². The lowest BCUT2D eigenvalue weighted by Crippen LogP contribution is -2.40. The molecule has 2 heterocycles. The standard InChI is InChI=1S/C11H17N3O3/c1-16-11(15)6-9-4-2-3-5-14(9)7-10-12-8-17-13-10/h8-9H,2-7H2,1H3. The molecule has 0 spiro atoms. The first kappa shape index (κ1) is 12.0. The van der Waals surface area contributed by atoms with E-state index in [4.69, 9.17) is 9.26 Å². The third-order valence-electron chi connectivity index (χ3n) is 3.13. The van der Waals surface area contributed by atoms with E-state index in [1.807, 2.05) is 0 Å². The van der Waals surface area contributed by atoms with Gasteiger partial charge in [0.15, 0.2) is 5.82 Å². The molecule has 0 aromatic carbocycles. The Morgan fingerprint density at radius 2 is 2.53 bits per heavy atom. The van der Waals surface area contributed by atoms with E-state index in [0.29, 0.717) is 18.8 Å². The van der Waals surface area contributed by atoms with Crippen molar-refractivity contribution in [2.75, 3.05) is 13.7 Å². The number of ether oxygens (including phenoxy) is 1. The van der Waals surface area contributed by atoms with Crippen LogP contribution in [-0.2, 0) is 16.1 Å². The van der Waals surface area contributed by atoms with E-state index in [9.17, 15) is 4.79 Å². The molecule has 1 saturated heterocycles. The van der Waals surface area contributed by atoms with Crippen LogP contribution >= 0.6 is 0 Å². The van der Waals surface area contributed by atoms with Gasteiger partial charge in [-0.3, -0.25) is 9.69 Å². The molecule has 94 valence electrons. The van der Waals surface area contributed by atoms with Gasteiger partial charge < -0.3 is 9.26 Å². The number of aromatic nitrogens is 2. The fraction of sp³-hybridized carbons (Fsp3) is 0.727. The molecule has 1 aliphatic rings. The van der Waals surface area contributed by atoms with Crippen LogP contribution in [0.5, 0.6) is 0 Å². The molecule has 1 aromatic rings. The summed E-state index contributed by atoms with van der Waals surface area (Å²) in [7, 11) is 1.43. The van der Waals surface area contributed by atoms with Gasteiger partial charge in [-0.1, -0.05) is 11.6 Å². The van der Waals surface area contributed by atoms with E-state index in [1.54, 1.807) is 0 Å². The normalized spacial score (nSPS) is 21.4. The van der Waals surface area contributed by atoms with Crippen LogP contribution in [0.2, 0.25) is 0 Å². The summed E-state index contributed by atoms with van der Waals surface area (Å²) in [6.07, 6.45) is 5.09. The van der Waals surface area contributed by atoms with Crippen LogP contribution in [0.4, 0.5) is 0 Å². The summed E-state index contributed by atoms with van der Waals surface area (Å²) in [5, 5.41) is 3.80. The van der Waals surface area contributed by atoms with Crippen molar-refractivity contribution in [3.63, 3.8) is 0 Å². The first-order valence-corrected chi connectivity index (χ1v) is 5.85. The lowest BCUT2D eigenvalue weighted by atomic mass is 9.99. The number of hydrogen-bond acceptors (Lipinski definition) is 6. The maximum atomic E-state index is 11.3. The van der Waals surface area contributed by atoms with Gasteiger partial charge in [0.25, 0.3) is 0 Å². The van der Waals surface area contributed by atoms with E-state index in [0.717, 1.165) is 25.8 Å². The third kappa shape index (κ3) is 3.26. The van der Waals surface area contributed by atoms with E-state index >= 15 is 0 Å². The number of carbonyl (C=O) groups is 1. The summed E-state index contributed by atoms with van der Waals surface area (Å²) >= 11 is 0. The zero-order chi connectivity index (χ0) is 12.1. The highest BCUT2D eigenvalue weighted by Crippen LogP contribution is 2.21. The average Bonchev–Trinajstić information content (AvgIpc) is 2.84. The van der Waals surface area contributed by atoms with E-state index in [2.05, 4.69) is 15.0 Å². The molecule has 17 heavy (non-hydrogen) atoms. The highest BCUT2D eigenvalue weighted by Gasteiger charge is 2.25. The molecule has 1 fully saturated rings. The zero-order valence-corrected chi connectivity index (χ0v) is 9.96. The Labute approximate surface area is 99.9 Å². The Kier molecular flexibility index (Phi) is 4.08. The average molecular weight is 239 g/mol. The quantitative estimate of drug-likeness (QED) is 0.730. The smallest absolute Gasteiger partial charge is 0.307 e. The van der Waals surface area contributed by atoms with E-state index < -0.39 is 0 Å². The van der Waals surface area contributed by atoms with E-state index in [1.165, 1.54) is 13.5 Å². The van der Waals surface area contributed by atoms with Gasteiger partial charge in [-0.05, 0) is 19.4 Å². The van der Waals surface area contributed by atoms with Crippen molar-refractivity contribution in [3.05, 3.63) is 12.2 Å². The summed E-state index contributed by atoms with van der Waals surface area (Å²) in [6.45, 7) is 1.61. The third-order valence-corrected chi connectivity index (χ3v) is 3.13. The minimum atomic E-state index is -0.157. The van der Waals surface area contributed by atoms with Crippen molar-refractivity contribution in [2.24, 2.45) is 0 Å². The highest BCUT2D eigenvalue weighted by molar-refractivity contribution is 5.69. The molecule has 6 nitrogen and oxygen atoms in total. The topological polar surface area (TPSA) is 68.5 Å². The van der Waals surface area contributed by atoms with Crippen molar-refractivity contribution < 1.29 is 14.1 Å². The van der Waals surface area contributed by atoms with Crippen LogP contribution in [0.25, 0.3) is 0 Å². The van der Waals surface area contributed by atoms with Crippen molar-refractivity contribution in [1.82, 2.24) is 15.0 Å². The molecule has 1 atom stereocenters. The van der Waals surface area contributed by atoms with Gasteiger partial charge in [0.2, 0.25) is 6.39 Å². The van der Waals surface area contributed by atoms with Crippen molar-refractivity contribution in [3.8, 4) is 0 Å². The highest BCUT2D eigenvalue weighted by atomic mass is 16.5. The van der Waals surface area contributed by atoms with Crippen LogP contribution in [0.3, 0.4) is 0 Å². The summed E-state index contributed by atoms with van der Waals surface area (Å²) in [5.74, 6) is 0.511. The maximum absolute atomic E-state index is 11.3. The molecule has 2 rings (SSSR count). The first-order valence-electron chi connectivity index (χ1n) is 5.85. The molecule has 6 heteroatoms. The second kappa shape index (κ2) is 5.77. The summed E-state index contributed by atoms with van der Waals surface area (Å²) < 4.78 is 9.44. The Morgan fingerprint density at radius 3 is 3.24 bits per heavy atom. The minimum Gasteiger partial charge on any atom is -0.469 e. The molecule has 0 amide bonds. The number of rotatable bonds is 4. The van der Waals surface area contributed by atoms with Crippen molar-refractivity contribution in [1.29, 1.82) is 0 Å². The minimum absolute atomic E-state index is 0.157. The second-order valence-electron chi connectivity index (χ2n) is 4.25. The second-order valence-corrected chi connectivity index (χ2v) is 4.25. The molecule has 0 aliphatic carbocycles. The van der Waals surface area contributed by atoms with Crippen LogP contribution in [-0.4, -0.2) is 40.7 Å². The number of hydrogen-bond donors (Lipinski definition) is 0. The van der Waals surface area contributed by atoms with Crippen LogP contribution < -0.4 is 0 Å². The van der Waals surface area contributed by atoms with Crippen LogP contribution in [0.15, 0.2) is 10.9 Å². The number of piperidine rings is 1. The Bertz CT molecular complexity index is 353. The predicted octanol–water partition coefficient (Wildman–Crippen LogP) is 0.987. The number of nitrogens with zero attached hydrogens (tertiary/aromatic N) is 3. The number of likely N-dealkylation sites (tertiary alicyclic amines) is 1. The summed E-state index contributed by atoms with van der Waals surface area (Å²) in [4.78, 5) is 17.6. The molecular weight excluding hydrogens is 222 g/mol. The first-order chi connectivity index (χ1) is 8.29. The van der Waals surface area contributed by atoms with Crippen LogP contribution in [0.1, 0.15) is 31.5 Å². The lowest BCUT2D eigenvalue weighted by molar-refractivity contribution is -0.142. The monoisotopic (exact) mass is 239 g/mol. The van der Waals surface area contributed by atoms with Gasteiger partial charge in [0.1, 0.15) is 0 Å². The molecule has 0 radical (unpaired) electrons. The Morgan fingerprint density at radius 1 is 1.65 bits per heavy atom. The lowest BCUT2D eigenvalue weighted by Gasteiger charge is -2.34. The van der Waals surface area contributed by atoms with Gasteiger partial charge in [0, 0.05) is 6.04 Å². The molecule has 1 aromatic heterocycles. The largest absolute Gasteiger partial charge is 0.469 e. The van der Waals surface area contributed by atoms with Gasteiger partial charge >= 0.3 is 5.97 Å². The summed E-state index contributed by atoms with van der Waals surface area (Å²) in [6, 6.07) is 0.231. The van der Waals surface area contributed by atoms with Crippen molar-refractivity contribution in [2.45, 2.75) is 38.3 Å². The van der Waals surface area contributed by atoms with Gasteiger partial charge in [0.05, 0.1) is 20.1 Å². The molecular formula is C11H17N3O3. The molecule has 1 unspecified atom stereocenters. The molecule has 0 saturated carbocycles. The summed E-state index contributed by atoms with van der Waals surface area (Å²) in [5.41, 5.74) is 0. The van der Waals surface area contributed by atoms with Crippen molar-refractivity contribution >= 4 is 5.97 Å². The number of carbonyl (C=O) groups excluding carboxylic acids is 1. The number of esters is 1. The van der Waals surface area contributed by atoms with Gasteiger partial charge in [-0.2, -0.15) is 4.98 Å². The molecule has 0 bridgehead atoms. The zero-order valence-electron chi connectivity index (χ0n) is 9.96. The molecule has 0 N–H and O–H groups in total.